The van der Waals surface area contributed by atoms with E-state index < -0.39 is 41.6 Å². The van der Waals surface area contributed by atoms with Crippen LogP contribution < -0.4 is 32.2 Å². The molecule has 4 aliphatic rings. The molecule has 4 aliphatic heterocycles. The van der Waals surface area contributed by atoms with Crippen LogP contribution >= 0.6 is 0 Å². The van der Waals surface area contributed by atoms with E-state index in [0.717, 1.165) is 12.0 Å². The highest BCUT2D eigenvalue weighted by atomic mass is 16.5. The van der Waals surface area contributed by atoms with Crippen LogP contribution in [-0.2, 0) is 10.2 Å². The van der Waals surface area contributed by atoms with E-state index in [4.69, 9.17) is 20.9 Å². The van der Waals surface area contributed by atoms with Crippen molar-refractivity contribution in [2.45, 2.75) is 68.6 Å². The van der Waals surface area contributed by atoms with E-state index in [2.05, 4.69) is 39.8 Å². The van der Waals surface area contributed by atoms with Crippen molar-refractivity contribution in [3.63, 3.8) is 0 Å². The average molecular weight is 545 g/mol. The number of carbonyl (C=O) groups is 2. The summed E-state index contributed by atoms with van der Waals surface area (Å²) in [6.07, 6.45) is 0.826. The Morgan fingerprint density at radius 2 is 2.05 bits per heavy atom. The molecule has 1 fully saturated rings. The van der Waals surface area contributed by atoms with E-state index in [1.165, 1.54) is 4.90 Å². The van der Waals surface area contributed by atoms with E-state index in [9.17, 15) is 19.8 Å². The summed E-state index contributed by atoms with van der Waals surface area (Å²) in [4.78, 5) is 35.8. The van der Waals surface area contributed by atoms with E-state index in [1.54, 1.807) is 12.1 Å². The maximum atomic E-state index is 13.5. The number of nitrogens with two attached hydrogens (primary N) is 2. The fourth-order valence-electron chi connectivity index (χ4n) is 5.87. The summed E-state index contributed by atoms with van der Waals surface area (Å²) in [6.45, 7) is 6.62. The molecule has 212 valence electrons. The minimum Gasteiger partial charge on any atom is -0.492 e. The van der Waals surface area contributed by atoms with Crippen molar-refractivity contribution in [1.29, 1.82) is 0 Å². The molecule has 4 atom stereocenters. The number of ether oxygens (including phenoxy) is 2. The summed E-state index contributed by atoms with van der Waals surface area (Å²) in [5.41, 5.74) is 11.6. The monoisotopic (exact) mass is 544 g/mol. The van der Waals surface area contributed by atoms with Crippen LogP contribution in [0.1, 0.15) is 49.5 Å². The summed E-state index contributed by atoms with van der Waals surface area (Å²) in [5, 5.41) is 31.5. The molecule has 5 rings (SSSR count). The number of hydrogen-bond acceptors (Lipinski definition) is 12. The van der Waals surface area contributed by atoms with Gasteiger partial charge in [-0.05, 0) is 24.3 Å². The highest BCUT2D eigenvalue weighted by Gasteiger charge is 2.73. The summed E-state index contributed by atoms with van der Waals surface area (Å²) in [6, 6.07) is 2.38. The third-order valence-electron chi connectivity index (χ3n) is 7.96. The maximum Gasteiger partial charge on any atom is 0.407 e. The van der Waals surface area contributed by atoms with Gasteiger partial charge in [0.05, 0.1) is 24.8 Å². The van der Waals surface area contributed by atoms with Crippen molar-refractivity contribution in [2.75, 3.05) is 26.3 Å². The molecule has 39 heavy (non-hydrogen) atoms. The molecule has 0 aromatic heterocycles. The molecule has 4 heterocycles. The first-order valence-electron chi connectivity index (χ1n) is 13.1. The van der Waals surface area contributed by atoms with Crippen LogP contribution in [0.3, 0.4) is 0 Å². The predicted octanol–water partition coefficient (Wildman–Crippen LogP) is -1.34. The number of nitrogens with one attached hydrogen (secondary N) is 3. The number of para-hydroxylation sites is 1. The Morgan fingerprint density at radius 3 is 2.79 bits per heavy atom. The maximum absolute atomic E-state index is 13.5. The van der Waals surface area contributed by atoms with Crippen LogP contribution in [0.2, 0.25) is 0 Å². The van der Waals surface area contributed by atoms with Gasteiger partial charge in [-0.15, -0.1) is 0 Å². The molecule has 14 heteroatoms. The van der Waals surface area contributed by atoms with Gasteiger partial charge in [0.15, 0.2) is 17.6 Å². The predicted molar refractivity (Wildman–Crippen MR) is 141 cm³/mol. The van der Waals surface area contributed by atoms with Crippen LogP contribution in [0.4, 0.5) is 4.79 Å². The largest absolute Gasteiger partial charge is 0.492 e. The molecular formula is C25H36N8O6. The fraction of sp³-hybridized carbons (Fsp3) is 0.600. The van der Waals surface area contributed by atoms with Gasteiger partial charge in [0.2, 0.25) is 5.79 Å². The lowest BCUT2D eigenvalue weighted by molar-refractivity contribution is -0.230. The average Bonchev–Trinajstić information content (AvgIpc) is 3.35. The highest BCUT2D eigenvalue weighted by Crippen LogP contribution is 2.45. The summed E-state index contributed by atoms with van der Waals surface area (Å²) >= 11 is 0. The van der Waals surface area contributed by atoms with Gasteiger partial charge in [0.1, 0.15) is 17.8 Å². The number of aliphatic hydroxyl groups is 2. The van der Waals surface area contributed by atoms with Crippen LogP contribution in [0, 0.1) is 0 Å². The quantitative estimate of drug-likeness (QED) is 0.210. The first-order chi connectivity index (χ1) is 18.4. The molecule has 3 unspecified atom stereocenters. The van der Waals surface area contributed by atoms with Gasteiger partial charge < -0.3 is 52.0 Å². The van der Waals surface area contributed by atoms with Gasteiger partial charge in [-0.2, -0.15) is 0 Å². The van der Waals surface area contributed by atoms with E-state index in [0.29, 0.717) is 24.3 Å². The third kappa shape index (κ3) is 4.18. The molecule has 0 aliphatic carbocycles. The molecule has 9 N–H and O–H groups in total. The first kappa shape index (κ1) is 26.8. The van der Waals surface area contributed by atoms with Gasteiger partial charge in [-0.3, -0.25) is 4.79 Å². The summed E-state index contributed by atoms with van der Waals surface area (Å²) in [5.74, 6) is -2.74. The van der Waals surface area contributed by atoms with E-state index in [1.807, 2.05) is 13.0 Å². The Kier molecular flexibility index (Phi) is 6.50. The molecule has 1 spiro atoms. The molecular weight excluding hydrogens is 508 g/mol. The molecule has 0 saturated carbocycles. The molecule has 0 bridgehead atoms. The van der Waals surface area contributed by atoms with Crippen molar-refractivity contribution in [2.24, 2.45) is 21.5 Å². The zero-order valence-corrected chi connectivity index (χ0v) is 22.2. The van der Waals surface area contributed by atoms with Crippen LogP contribution in [-0.4, -0.2) is 94.9 Å². The lowest BCUT2D eigenvalue weighted by Crippen LogP contribution is -2.78. The topological polar surface area (TPSA) is 209 Å². The van der Waals surface area contributed by atoms with Crippen molar-refractivity contribution >= 4 is 23.9 Å². The van der Waals surface area contributed by atoms with Crippen LogP contribution in [0.5, 0.6) is 5.75 Å². The summed E-state index contributed by atoms with van der Waals surface area (Å²) < 4.78 is 10.9. The Balaban J connectivity index is 1.41. The number of benzene rings is 1. The second kappa shape index (κ2) is 9.45. The van der Waals surface area contributed by atoms with Gasteiger partial charge in [0.25, 0.3) is 5.91 Å². The number of amides is 2. The lowest BCUT2D eigenvalue weighted by Gasteiger charge is -2.48. The molecule has 1 saturated heterocycles. The zero-order chi connectivity index (χ0) is 28.2. The second-order valence-corrected chi connectivity index (χ2v) is 10.9. The zero-order valence-electron chi connectivity index (χ0n) is 22.2. The van der Waals surface area contributed by atoms with E-state index in [-0.39, 0.29) is 37.0 Å². The normalized spacial score (nSPS) is 29.5. The van der Waals surface area contributed by atoms with Gasteiger partial charge >= 0.3 is 6.09 Å². The number of hydrogen-bond donors (Lipinski definition) is 7. The Bertz CT molecular complexity index is 1230. The minimum atomic E-state index is -2.60. The Hall–Kier alpha value is -3.78. The van der Waals surface area contributed by atoms with Crippen molar-refractivity contribution < 1.29 is 29.3 Å². The number of fused-ring (bicyclic) bond motifs is 1. The molecule has 14 nitrogen and oxygen atoms in total. The molecule has 1 aromatic rings. The van der Waals surface area contributed by atoms with Crippen LogP contribution in [0.25, 0.3) is 0 Å². The highest BCUT2D eigenvalue weighted by molar-refractivity contribution is 5.98. The van der Waals surface area contributed by atoms with E-state index >= 15 is 0 Å². The number of nitrogens with zero attached hydrogens (tertiary/aromatic N) is 3. The third-order valence-corrected chi connectivity index (χ3v) is 7.96. The number of guanidine groups is 2. The number of alkyl carbamates (subject to hydrolysis) is 1. The van der Waals surface area contributed by atoms with Crippen molar-refractivity contribution in [1.82, 2.24) is 20.9 Å². The second-order valence-electron chi connectivity index (χ2n) is 10.9. The molecule has 1 aromatic carbocycles. The number of rotatable bonds is 6. The van der Waals surface area contributed by atoms with Crippen molar-refractivity contribution in [3.05, 3.63) is 29.3 Å². The van der Waals surface area contributed by atoms with Crippen LogP contribution in [0.15, 0.2) is 28.2 Å². The minimum absolute atomic E-state index is 0.0243. The molecule has 2 amide bonds. The van der Waals surface area contributed by atoms with Gasteiger partial charge in [0, 0.05) is 18.7 Å². The molecule has 0 radical (unpaired) electrons. The smallest absolute Gasteiger partial charge is 0.407 e. The Labute approximate surface area is 225 Å². The SMILES string of the molecule is CCCOC(=O)NC[C@@H]1N=C(N)N2CC(NC(=O)c3cccc4c3OCCC4(C)C)C(O)(O)C23NC(N)=NC13. The standard InChI is InChI=1S/C25H36N8O6/c1-4-9-39-22(35)28-11-15-18-24(32-20(26)31-18)25(36,37)16(12-33(24)21(27)29-15)30-19(34)13-6-5-7-14-17(13)38-10-8-23(14,2)3/h5-7,15-16,18,36-37H,4,8-12H2,1-3H3,(H2,27,29)(H,28,35)(H,30,34)(H3,26,31,32)/t15-,16?,18?,24?/m0/s1. The first-order valence-corrected chi connectivity index (χ1v) is 13.1. The summed E-state index contributed by atoms with van der Waals surface area (Å²) in [7, 11) is 0. The van der Waals surface area contributed by atoms with Gasteiger partial charge in [-0.1, -0.05) is 32.9 Å². The van der Waals surface area contributed by atoms with Crippen molar-refractivity contribution in [3.8, 4) is 5.75 Å². The fourth-order valence-corrected chi connectivity index (χ4v) is 5.87. The van der Waals surface area contributed by atoms with Gasteiger partial charge in [-0.25, -0.2) is 14.8 Å². The Morgan fingerprint density at radius 1 is 1.28 bits per heavy atom. The lowest BCUT2D eigenvalue weighted by atomic mass is 9.79. The number of carbonyl (C=O) groups excluding carboxylic acids is 2. The number of aliphatic imine (C=N–C) groups is 2.